The number of nitrogens with one attached hydrogen (secondary N) is 2. The highest BCUT2D eigenvalue weighted by molar-refractivity contribution is 7.10. The summed E-state index contributed by atoms with van der Waals surface area (Å²) in [4.78, 5) is 5.74. The van der Waals surface area contributed by atoms with E-state index in [2.05, 4.69) is 40.1 Å². The maximum Gasteiger partial charge on any atom is 0.191 e. The Bertz CT molecular complexity index is 355. The quantitative estimate of drug-likeness (QED) is 0.433. The molecule has 0 spiro atoms. The van der Waals surface area contributed by atoms with E-state index in [4.69, 9.17) is 9.47 Å². The number of nitrogens with zero attached hydrogens (tertiary/aromatic N) is 1. The van der Waals surface area contributed by atoms with Crippen molar-refractivity contribution in [2.75, 3.05) is 40.5 Å². The molecule has 0 aliphatic heterocycles. The molecule has 1 aromatic rings. The topological polar surface area (TPSA) is 54.9 Å². The first-order chi connectivity index (χ1) is 9.27. The Hall–Kier alpha value is -1.11. The van der Waals surface area contributed by atoms with E-state index in [9.17, 15) is 0 Å². The highest BCUT2D eigenvalue weighted by Crippen LogP contribution is 2.17. The Morgan fingerprint density at radius 3 is 2.79 bits per heavy atom. The summed E-state index contributed by atoms with van der Waals surface area (Å²) in [5.74, 6) is 0.787. The second-order valence-corrected chi connectivity index (χ2v) is 5.00. The molecule has 0 aromatic carbocycles. The van der Waals surface area contributed by atoms with Gasteiger partial charge in [-0.2, -0.15) is 0 Å². The number of guanidine groups is 1. The van der Waals surface area contributed by atoms with Gasteiger partial charge in [-0.25, -0.2) is 0 Å². The van der Waals surface area contributed by atoms with E-state index in [1.165, 1.54) is 4.88 Å². The molecule has 0 saturated carbocycles. The normalized spacial score (nSPS) is 13.3. The fourth-order valence-corrected chi connectivity index (χ4v) is 2.22. The molecule has 108 valence electrons. The third-order valence-electron chi connectivity index (χ3n) is 2.49. The van der Waals surface area contributed by atoms with Crippen LogP contribution in [0.25, 0.3) is 0 Å². The predicted octanol–water partition coefficient (Wildman–Crippen LogP) is 1.64. The van der Waals surface area contributed by atoms with E-state index < -0.39 is 0 Å². The van der Waals surface area contributed by atoms with E-state index >= 15 is 0 Å². The van der Waals surface area contributed by atoms with Gasteiger partial charge in [0.15, 0.2) is 5.96 Å². The summed E-state index contributed by atoms with van der Waals surface area (Å²) < 4.78 is 10.0. The van der Waals surface area contributed by atoms with Gasteiger partial charge in [0.1, 0.15) is 0 Å². The van der Waals surface area contributed by atoms with Gasteiger partial charge in [-0.05, 0) is 18.4 Å². The minimum absolute atomic E-state index is 0.233. The number of methoxy groups -OCH3 is 2. The molecule has 1 atom stereocenters. The van der Waals surface area contributed by atoms with Gasteiger partial charge in [0.25, 0.3) is 0 Å². The second-order valence-electron chi connectivity index (χ2n) is 4.02. The lowest BCUT2D eigenvalue weighted by Crippen LogP contribution is -2.40. The van der Waals surface area contributed by atoms with Crippen molar-refractivity contribution < 1.29 is 9.47 Å². The van der Waals surface area contributed by atoms with Gasteiger partial charge in [-0.15, -0.1) is 11.3 Å². The van der Waals surface area contributed by atoms with Crippen molar-refractivity contribution in [1.82, 2.24) is 10.6 Å². The van der Waals surface area contributed by atoms with E-state index in [-0.39, 0.29) is 6.04 Å². The second kappa shape index (κ2) is 9.77. The van der Waals surface area contributed by atoms with Gasteiger partial charge < -0.3 is 20.1 Å². The van der Waals surface area contributed by atoms with E-state index in [1.54, 1.807) is 25.6 Å². The number of thiophene rings is 1. The van der Waals surface area contributed by atoms with Gasteiger partial charge in [-0.3, -0.25) is 4.99 Å². The van der Waals surface area contributed by atoms with Crippen LogP contribution >= 0.6 is 11.3 Å². The molecule has 0 bridgehead atoms. The highest BCUT2D eigenvalue weighted by atomic mass is 32.1. The maximum atomic E-state index is 5.03. The molecule has 19 heavy (non-hydrogen) atoms. The van der Waals surface area contributed by atoms with Gasteiger partial charge in [0, 0.05) is 25.6 Å². The summed E-state index contributed by atoms with van der Waals surface area (Å²) >= 11 is 1.74. The van der Waals surface area contributed by atoms with Gasteiger partial charge in [0.2, 0.25) is 0 Å². The molecule has 0 fully saturated rings. The molecule has 1 rings (SSSR count). The van der Waals surface area contributed by atoms with Crippen molar-refractivity contribution in [3.8, 4) is 0 Å². The number of aliphatic imine (C=N–C) groups is 1. The molecule has 0 aliphatic carbocycles. The van der Waals surface area contributed by atoms with Crippen LogP contribution in [0, 0.1) is 0 Å². The van der Waals surface area contributed by atoms with Crippen LogP contribution in [0.2, 0.25) is 0 Å². The Morgan fingerprint density at radius 2 is 2.16 bits per heavy atom. The summed E-state index contributed by atoms with van der Waals surface area (Å²) in [6.45, 7) is 4.75. The predicted molar refractivity (Wildman–Crippen MR) is 79.9 cm³/mol. The van der Waals surface area contributed by atoms with Crippen molar-refractivity contribution in [3.05, 3.63) is 22.4 Å². The number of rotatable bonds is 8. The van der Waals surface area contributed by atoms with Crippen molar-refractivity contribution in [2.45, 2.75) is 13.0 Å². The van der Waals surface area contributed by atoms with Crippen LogP contribution in [0.1, 0.15) is 17.8 Å². The van der Waals surface area contributed by atoms with Crippen LogP contribution in [0.15, 0.2) is 22.5 Å². The van der Waals surface area contributed by atoms with Crippen molar-refractivity contribution >= 4 is 17.3 Å². The molecule has 1 aromatic heterocycles. The molecule has 0 unspecified atom stereocenters. The number of ether oxygens (including phenoxy) is 2. The minimum Gasteiger partial charge on any atom is -0.383 e. The SMILES string of the molecule is COCCN=C(NCCOC)N[C@H](C)c1cccs1. The first kappa shape index (κ1) is 15.9. The maximum absolute atomic E-state index is 5.03. The van der Waals surface area contributed by atoms with E-state index in [0.29, 0.717) is 19.8 Å². The summed E-state index contributed by atoms with van der Waals surface area (Å²) in [6, 6.07) is 4.40. The summed E-state index contributed by atoms with van der Waals surface area (Å²) in [5, 5.41) is 8.69. The zero-order valence-electron chi connectivity index (χ0n) is 11.8. The van der Waals surface area contributed by atoms with Crippen LogP contribution in [-0.2, 0) is 9.47 Å². The highest BCUT2D eigenvalue weighted by Gasteiger charge is 2.08. The molecule has 6 heteroatoms. The third kappa shape index (κ3) is 6.56. The summed E-state index contributed by atoms with van der Waals surface area (Å²) in [5.41, 5.74) is 0. The largest absolute Gasteiger partial charge is 0.383 e. The average molecular weight is 285 g/mol. The zero-order chi connectivity index (χ0) is 13.9. The number of hydrogen-bond acceptors (Lipinski definition) is 4. The lowest BCUT2D eigenvalue weighted by atomic mass is 10.3. The van der Waals surface area contributed by atoms with E-state index in [1.807, 2.05) is 0 Å². The van der Waals surface area contributed by atoms with Crippen LogP contribution < -0.4 is 10.6 Å². The molecular formula is C13H23N3O2S. The summed E-state index contributed by atoms with van der Waals surface area (Å²) in [6.07, 6.45) is 0. The first-order valence-electron chi connectivity index (χ1n) is 6.34. The van der Waals surface area contributed by atoms with Crippen LogP contribution in [-0.4, -0.2) is 46.5 Å². The average Bonchev–Trinajstić information content (AvgIpc) is 2.93. The van der Waals surface area contributed by atoms with E-state index in [0.717, 1.165) is 12.5 Å². The summed E-state index contributed by atoms with van der Waals surface area (Å²) in [7, 11) is 3.36. The Morgan fingerprint density at radius 1 is 1.37 bits per heavy atom. The number of hydrogen-bond donors (Lipinski definition) is 2. The molecule has 0 saturated heterocycles. The van der Waals surface area contributed by atoms with Crippen molar-refractivity contribution in [1.29, 1.82) is 0 Å². The third-order valence-corrected chi connectivity index (χ3v) is 3.54. The molecule has 5 nitrogen and oxygen atoms in total. The Labute approximate surface area is 119 Å². The monoisotopic (exact) mass is 285 g/mol. The minimum atomic E-state index is 0.233. The first-order valence-corrected chi connectivity index (χ1v) is 7.22. The molecule has 0 aliphatic rings. The fourth-order valence-electron chi connectivity index (χ4n) is 1.49. The molecular weight excluding hydrogens is 262 g/mol. The molecule has 0 radical (unpaired) electrons. The smallest absolute Gasteiger partial charge is 0.191 e. The van der Waals surface area contributed by atoms with Gasteiger partial charge in [0.05, 0.1) is 25.8 Å². The standard InChI is InChI=1S/C13H23N3O2S/c1-11(12-5-4-10-19-12)16-13(14-6-8-17-2)15-7-9-18-3/h4-5,10-11H,6-9H2,1-3H3,(H2,14,15,16)/t11-/m1/s1. The molecule has 0 amide bonds. The van der Waals surface area contributed by atoms with Gasteiger partial charge in [-0.1, -0.05) is 6.07 Å². The van der Waals surface area contributed by atoms with Crippen LogP contribution in [0.5, 0.6) is 0 Å². The van der Waals surface area contributed by atoms with Crippen molar-refractivity contribution in [3.63, 3.8) is 0 Å². The van der Waals surface area contributed by atoms with Crippen LogP contribution in [0.4, 0.5) is 0 Å². The lowest BCUT2D eigenvalue weighted by Gasteiger charge is -2.17. The van der Waals surface area contributed by atoms with Gasteiger partial charge >= 0.3 is 0 Å². The van der Waals surface area contributed by atoms with Crippen LogP contribution in [0.3, 0.4) is 0 Å². The molecule has 1 heterocycles. The lowest BCUT2D eigenvalue weighted by molar-refractivity contribution is 0.203. The zero-order valence-corrected chi connectivity index (χ0v) is 12.6. The Kier molecular flexibility index (Phi) is 8.20. The Balaban J connectivity index is 2.49. The molecule has 2 N–H and O–H groups in total. The fraction of sp³-hybridized carbons (Fsp3) is 0.615. The van der Waals surface area contributed by atoms with Crippen molar-refractivity contribution in [2.24, 2.45) is 4.99 Å².